The van der Waals surface area contributed by atoms with Crippen LogP contribution in [0, 0.1) is 16.0 Å². The van der Waals surface area contributed by atoms with Crippen molar-refractivity contribution in [2.24, 2.45) is 5.92 Å². The van der Waals surface area contributed by atoms with Gasteiger partial charge in [-0.15, -0.1) is 0 Å². The third-order valence-corrected chi connectivity index (χ3v) is 12.6. The second kappa shape index (κ2) is 17.6. The molecule has 0 spiro atoms. The summed E-state index contributed by atoms with van der Waals surface area (Å²) in [4.78, 5) is 68.0. The third kappa shape index (κ3) is 10.7. The van der Waals surface area contributed by atoms with E-state index in [9.17, 15) is 24.5 Å². The van der Waals surface area contributed by atoms with Crippen molar-refractivity contribution in [3.63, 3.8) is 0 Å². The number of non-ortho nitro benzene ring substituents is 1. The molecule has 0 bridgehead atoms. The van der Waals surface area contributed by atoms with Crippen LogP contribution < -0.4 is 10.2 Å². The molecule has 0 unspecified atom stereocenters. The van der Waals surface area contributed by atoms with Gasteiger partial charge < -0.3 is 39.0 Å². The van der Waals surface area contributed by atoms with E-state index in [-0.39, 0.29) is 46.4 Å². The molecule has 3 amide bonds. The average Bonchev–Trinajstić information content (AvgIpc) is 3.57. The van der Waals surface area contributed by atoms with Crippen LogP contribution >= 0.6 is 11.6 Å². The van der Waals surface area contributed by atoms with Crippen LogP contribution in [-0.4, -0.2) is 131 Å². The number of hydrogen-bond acceptors (Lipinski definition) is 11. The Labute approximate surface area is 340 Å². The molecule has 6 rings (SSSR count). The number of nitrogens with zero attached hydrogens (tertiary/aromatic N) is 8. The molecule has 0 aliphatic carbocycles. The lowest BCUT2D eigenvalue weighted by Gasteiger charge is -2.40. The Morgan fingerprint density at radius 3 is 2.35 bits per heavy atom. The molecule has 1 aromatic carbocycles. The maximum absolute atomic E-state index is 14.3. The molecule has 16 nitrogen and oxygen atoms in total. The van der Waals surface area contributed by atoms with E-state index in [0.29, 0.717) is 95.7 Å². The second-order valence-corrected chi connectivity index (χ2v) is 23.4. The van der Waals surface area contributed by atoms with Crippen LogP contribution in [0.1, 0.15) is 56.8 Å². The highest BCUT2D eigenvalue weighted by Gasteiger charge is 2.35. The van der Waals surface area contributed by atoms with Gasteiger partial charge in [-0.25, -0.2) is 9.78 Å². The van der Waals surface area contributed by atoms with E-state index in [4.69, 9.17) is 21.1 Å². The van der Waals surface area contributed by atoms with E-state index in [1.807, 2.05) is 47.4 Å². The van der Waals surface area contributed by atoms with Crippen LogP contribution in [-0.2, 0) is 21.0 Å². The lowest BCUT2D eigenvalue weighted by atomic mass is 9.95. The van der Waals surface area contributed by atoms with Crippen molar-refractivity contribution in [3.05, 3.63) is 51.4 Å². The molecule has 0 radical (unpaired) electrons. The van der Waals surface area contributed by atoms with E-state index in [2.05, 4.69) is 34.9 Å². The fourth-order valence-corrected chi connectivity index (χ4v) is 8.50. The average molecular weight is 826 g/mol. The van der Waals surface area contributed by atoms with Crippen LogP contribution in [0.5, 0.6) is 0 Å². The van der Waals surface area contributed by atoms with Gasteiger partial charge in [0.2, 0.25) is 11.2 Å². The number of anilines is 2. The number of amides is 3. The number of carbonyl (C=O) groups excluding carboxylic acids is 3. The van der Waals surface area contributed by atoms with Crippen LogP contribution in [0.3, 0.4) is 0 Å². The summed E-state index contributed by atoms with van der Waals surface area (Å²) < 4.78 is 13.4. The fraction of sp³-hybridized carbons (Fsp3) is 0.615. The number of benzene rings is 1. The largest absolute Gasteiger partial charge is 0.444 e. The van der Waals surface area contributed by atoms with Crippen LogP contribution in [0.2, 0.25) is 31.0 Å². The molecule has 3 aromatic rings. The molecule has 57 heavy (non-hydrogen) atoms. The van der Waals surface area contributed by atoms with Gasteiger partial charge in [-0.2, -0.15) is 4.98 Å². The Bertz CT molecular complexity index is 1950. The zero-order valence-corrected chi connectivity index (χ0v) is 35.7. The lowest BCUT2D eigenvalue weighted by molar-refractivity contribution is -0.384. The molecule has 2 aromatic heterocycles. The van der Waals surface area contributed by atoms with Crippen molar-refractivity contribution < 1.29 is 28.8 Å². The number of rotatable bonds is 11. The Morgan fingerprint density at radius 1 is 0.965 bits per heavy atom. The van der Waals surface area contributed by atoms with Crippen LogP contribution in [0.4, 0.5) is 22.0 Å². The van der Waals surface area contributed by atoms with Gasteiger partial charge in [0.15, 0.2) is 0 Å². The molecule has 1 atom stereocenters. The molecular weight excluding hydrogens is 770 g/mol. The van der Waals surface area contributed by atoms with E-state index >= 15 is 0 Å². The summed E-state index contributed by atoms with van der Waals surface area (Å²) in [6.45, 7) is 17.1. The summed E-state index contributed by atoms with van der Waals surface area (Å²) in [7, 11) is -1.23. The highest BCUT2D eigenvalue weighted by atomic mass is 35.5. The van der Waals surface area contributed by atoms with Gasteiger partial charge in [-0.05, 0) is 76.2 Å². The van der Waals surface area contributed by atoms with Crippen molar-refractivity contribution in [1.82, 2.24) is 29.2 Å². The zero-order chi connectivity index (χ0) is 41.1. The van der Waals surface area contributed by atoms with E-state index in [1.165, 1.54) is 12.1 Å². The molecule has 310 valence electrons. The van der Waals surface area contributed by atoms with Crippen molar-refractivity contribution in [2.75, 3.05) is 69.2 Å². The number of piperidine rings is 2. The van der Waals surface area contributed by atoms with Gasteiger partial charge in [0.25, 0.3) is 11.6 Å². The number of carbonyl (C=O) groups is 3. The number of fused-ring (bicyclic) bond motifs is 1. The summed E-state index contributed by atoms with van der Waals surface area (Å²) in [5, 5.41) is 16.3. The van der Waals surface area contributed by atoms with Gasteiger partial charge in [0, 0.05) is 97.3 Å². The Morgan fingerprint density at radius 2 is 1.68 bits per heavy atom. The number of hydrogen-bond donors (Lipinski definition) is 1. The maximum atomic E-state index is 14.3. The number of nitrogens with one attached hydrogen (secondary N) is 1. The van der Waals surface area contributed by atoms with Crippen molar-refractivity contribution in [2.45, 2.75) is 90.5 Å². The summed E-state index contributed by atoms with van der Waals surface area (Å²) in [5.41, 5.74) is 0.782. The normalized spacial score (nSPS) is 18.5. The SMILES string of the molecule is CC(C)(C)OC(=O)N1CCC(C(=O)N2CCN(c3ccc([N+](=O)[O-])cc3C(=O)N3CCC[C@@H](Nc4nc(Cl)nc5c4ccn5COCC[Si](C)(C)C)C3)CC2)CC1. The van der Waals surface area contributed by atoms with Crippen molar-refractivity contribution in [1.29, 1.82) is 0 Å². The predicted molar refractivity (Wildman–Crippen MR) is 222 cm³/mol. The third-order valence-electron chi connectivity index (χ3n) is 10.7. The minimum absolute atomic E-state index is 0.0648. The maximum Gasteiger partial charge on any atom is 0.410 e. The van der Waals surface area contributed by atoms with Crippen molar-refractivity contribution in [3.8, 4) is 0 Å². The van der Waals surface area contributed by atoms with Gasteiger partial charge >= 0.3 is 6.09 Å². The highest BCUT2D eigenvalue weighted by molar-refractivity contribution is 6.76. The predicted octanol–water partition coefficient (Wildman–Crippen LogP) is 6.32. The van der Waals surface area contributed by atoms with Gasteiger partial charge in [-0.1, -0.05) is 19.6 Å². The number of ether oxygens (including phenoxy) is 2. The highest BCUT2D eigenvalue weighted by Crippen LogP contribution is 2.31. The standard InChI is InChI=1S/C39H56ClN9O7Si/c1-39(2,3)56-38(52)46-15-11-27(12-16-46)35(50)45-20-18-44(19-21-45)32-10-9-29(49(53)54)24-31(32)36(51)47-14-7-8-28(25-47)41-33-30-13-17-48(34(30)43-37(40)42-33)26-55-22-23-57(4,5)6/h9-10,13,17,24,27-28H,7-8,11-12,14-16,18-23,25-26H2,1-6H3,(H,41,42,43)/t28-/m1/s1. The minimum Gasteiger partial charge on any atom is -0.444 e. The number of piperazine rings is 1. The van der Waals surface area contributed by atoms with E-state index in [0.717, 1.165) is 24.3 Å². The first-order chi connectivity index (χ1) is 27.0. The quantitative estimate of drug-likeness (QED) is 0.0756. The molecule has 3 aliphatic rings. The topological polar surface area (TPSA) is 169 Å². The van der Waals surface area contributed by atoms with E-state index in [1.54, 1.807) is 15.9 Å². The van der Waals surface area contributed by atoms with Gasteiger partial charge in [0.05, 0.1) is 21.6 Å². The summed E-state index contributed by atoms with van der Waals surface area (Å²) in [6.07, 6.45) is 4.19. The monoisotopic (exact) mass is 825 g/mol. The Kier molecular flexibility index (Phi) is 13.0. The first-order valence-corrected chi connectivity index (χ1v) is 24.0. The Balaban J connectivity index is 1.09. The summed E-state index contributed by atoms with van der Waals surface area (Å²) in [6, 6.07) is 7.28. The zero-order valence-electron chi connectivity index (χ0n) is 34.0. The molecule has 5 heterocycles. The summed E-state index contributed by atoms with van der Waals surface area (Å²) in [5.74, 6) is 0.167. The van der Waals surface area contributed by atoms with Crippen LogP contribution in [0.15, 0.2) is 30.5 Å². The molecule has 1 N–H and O–H groups in total. The molecule has 3 saturated heterocycles. The number of nitro benzene ring substituents is 1. The number of nitro groups is 1. The van der Waals surface area contributed by atoms with Gasteiger partial charge in [0.1, 0.15) is 23.8 Å². The Hall–Kier alpha value is -4.48. The number of aromatic nitrogens is 3. The first-order valence-electron chi connectivity index (χ1n) is 19.9. The smallest absolute Gasteiger partial charge is 0.410 e. The number of likely N-dealkylation sites (tertiary alicyclic amines) is 2. The molecule has 18 heteroatoms. The van der Waals surface area contributed by atoms with Crippen molar-refractivity contribution >= 4 is 65.8 Å². The molecular formula is C39H56ClN9O7Si. The molecule has 0 saturated carbocycles. The minimum atomic E-state index is -1.23. The number of halogens is 1. The lowest BCUT2D eigenvalue weighted by Crippen LogP contribution is -2.52. The first kappa shape index (κ1) is 42.1. The molecule has 3 aliphatic heterocycles. The summed E-state index contributed by atoms with van der Waals surface area (Å²) >= 11 is 6.41. The van der Waals surface area contributed by atoms with Gasteiger partial charge in [-0.3, -0.25) is 19.7 Å². The fourth-order valence-electron chi connectivity index (χ4n) is 7.58. The van der Waals surface area contributed by atoms with Crippen LogP contribution in [0.25, 0.3) is 11.0 Å². The van der Waals surface area contributed by atoms with E-state index < -0.39 is 18.6 Å². The second-order valence-electron chi connectivity index (χ2n) is 17.5. The molecule has 3 fully saturated rings.